The van der Waals surface area contributed by atoms with E-state index in [0.29, 0.717) is 12.3 Å². The van der Waals surface area contributed by atoms with E-state index in [1.165, 1.54) is 0 Å². The summed E-state index contributed by atoms with van der Waals surface area (Å²) in [5.74, 6) is -0.162. The zero-order valence-electron chi connectivity index (χ0n) is 10.3. The van der Waals surface area contributed by atoms with Crippen molar-refractivity contribution in [3.8, 4) is 0 Å². The van der Waals surface area contributed by atoms with Gasteiger partial charge in [-0.3, -0.25) is 10.1 Å². The smallest absolute Gasteiger partial charge is 0.401 e. The van der Waals surface area contributed by atoms with E-state index in [4.69, 9.17) is 4.74 Å². The highest BCUT2D eigenvalue weighted by Crippen LogP contribution is 2.51. The van der Waals surface area contributed by atoms with Gasteiger partial charge in [-0.1, -0.05) is 6.42 Å². The lowest BCUT2D eigenvalue weighted by molar-refractivity contribution is -0.159. The summed E-state index contributed by atoms with van der Waals surface area (Å²) in [7, 11) is 0. The Hall–Kier alpha value is -0.780. The van der Waals surface area contributed by atoms with Gasteiger partial charge in [0.1, 0.15) is 5.54 Å². The Morgan fingerprint density at radius 3 is 2.61 bits per heavy atom. The second-order valence-corrected chi connectivity index (χ2v) is 5.24. The molecule has 3 nitrogen and oxygen atoms in total. The molecule has 2 aliphatic carbocycles. The molecule has 0 aromatic carbocycles. The van der Waals surface area contributed by atoms with Crippen LogP contribution in [0.3, 0.4) is 0 Å². The molecule has 2 aliphatic rings. The first kappa shape index (κ1) is 13.6. The molecule has 2 saturated carbocycles. The number of carbonyl (C=O) groups is 1. The van der Waals surface area contributed by atoms with Gasteiger partial charge in [0.2, 0.25) is 0 Å². The lowest BCUT2D eigenvalue weighted by Gasteiger charge is -2.36. The molecule has 2 fully saturated rings. The van der Waals surface area contributed by atoms with Crippen LogP contribution in [0.25, 0.3) is 0 Å². The molecule has 0 saturated heterocycles. The van der Waals surface area contributed by atoms with E-state index in [9.17, 15) is 18.0 Å². The molecule has 3 unspecified atom stereocenters. The van der Waals surface area contributed by atoms with E-state index in [2.05, 4.69) is 5.32 Å². The molecule has 0 radical (unpaired) electrons. The molecule has 104 valence electrons. The Morgan fingerprint density at radius 2 is 2.17 bits per heavy atom. The molecule has 0 aliphatic heterocycles. The third-order valence-electron chi connectivity index (χ3n) is 4.09. The van der Waals surface area contributed by atoms with Gasteiger partial charge in [-0.25, -0.2) is 0 Å². The van der Waals surface area contributed by atoms with Crippen LogP contribution in [0.4, 0.5) is 13.2 Å². The maximum atomic E-state index is 12.4. The van der Waals surface area contributed by atoms with Crippen LogP contribution in [0.5, 0.6) is 0 Å². The number of rotatable bonds is 4. The maximum absolute atomic E-state index is 12.4. The molecule has 6 heteroatoms. The highest BCUT2D eigenvalue weighted by Gasteiger charge is 2.57. The Morgan fingerprint density at radius 1 is 1.44 bits per heavy atom. The summed E-state index contributed by atoms with van der Waals surface area (Å²) in [4.78, 5) is 12.0. The number of fused-ring (bicyclic) bond motifs is 2. The molecule has 3 atom stereocenters. The van der Waals surface area contributed by atoms with E-state index in [1.807, 2.05) is 0 Å². The Kier molecular flexibility index (Phi) is 3.58. The lowest BCUT2D eigenvalue weighted by Crippen LogP contribution is -2.58. The van der Waals surface area contributed by atoms with E-state index < -0.39 is 24.2 Å². The van der Waals surface area contributed by atoms with Crippen LogP contribution in [-0.2, 0) is 9.53 Å². The van der Waals surface area contributed by atoms with Crippen LogP contribution in [-0.4, -0.2) is 30.8 Å². The largest absolute Gasteiger partial charge is 0.465 e. The van der Waals surface area contributed by atoms with Crippen molar-refractivity contribution in [2.45, 2.75) is 44.3 Å². The second-order valence-electron chi connectivity index (χ2n) is 5.24. The number of alkyl halides is 3. The first-order valence-electron chi connectivity index (χ1n) is 6.36. The fourth-order valence-corrected chi connectivity index (χ4v) is 3.39. The van der Waals surface area contributed by atoms with Gasteiger partial charge in [0, 0.05) is 0 Å². The SMILES string of the molecule is CCOC(=O)C1(NCC(F)(F)F)CC2CCC1C2. The summed E-state index contributed by atoms with van der Waals surface area (Å²) in [5.41, 5.74) is -1.10. The van der Waals surface area contributed by atoms with Crippen LogP contribution in [0.2, 0.25) is 0 Å². The minimum atomic E-state index is -4.30. The third-order valence-corrected chi connectivity index (χ3v) is 4.09. The van der Waals surface area contributed by atoms with Gasteiger partial charge in [0.25, 0.3) is 0 Å². The number of halogens is 3. The van der Waals surface area contributed by atoms with Crippen molar-refractivity contribution in [2.24, 2.45) is 11.8 Å². The molecule has 2 bridgehead atoms. The molecular weight excluding hydrogens is 247 g/mol. The molecular formula is C12H18F3NO2. The van der Waals surface area contributed by atoms with Crippen LogP contribution < -0.4 is 5.32 Å². The van der Waals surface area contributed by atoms with Crippen LogP contribution in [0.15, 0.2) is 0 Å². The van der Waals surface area contributed by atoms with Crippen molar-refractivity contribution < 1.29 is 22.7 Å². The predicted octanol–water partition coefficient (Wildman–Crippen LogP) is 2.26. The zero-order chi connectivity index (χ0) is 13.4. The first-order chi connectivity index (χ1) is 8.37. The van der Waals surface area contributed by atoms with Crippen molar-refractivity contribution in [2.75, 3.05) is 13.2 Å². The quantitative estimate of drug-likeness (QED) is 0.792. The number of nitrogens with one attached hydrogen (secondary N) is 1. The standard InChI is InChI=1S/C12H18F3NO2/c1-2-18-10(17)11(16-7-12(13,14)15)6-8-3-4-9(11)5-8/h8-9,16H,2-7H2,1H3. The minimum Gasteiger partial charge on any atom is -0.465 e. The van der Waals surface area contributed by atoms with Crippen LogP contribution in [0.1, 0.15) is 32.6 Å². The molecule has 0 spiro atoms. The highest BCUT2D eigenvalue weighted by atomic mass is 19.4. The van der Waals surface area contributed by atoms with Gasteiger partial charge in [-0.2, -0.15) is 13.2 Å². The highest BCUT2D eigenvalue weighted by molar-refractivity contribution is 5.82. The van der Waals surface area contributed by atoms with Gasteiger partial charge in [-0.05, 0) is 38.0 Å². The van der Waals surface area contributed by atoms with Crippen molar-refractivity contribution in [3.05, 3.63) is 0 Å². The molecule has 1 N–H and O–H groups in total. The van der Waals surface area contributed by atoms with Gasteiger partial charge in [0.05, 0.1) is 13.2 Å². The number of carbonyl (C=O) groups excluding carboxylic acids is 1. The third kappa shape index (κ3) is 2.48. The summed E-state index contributed by atoms with van der Waals surface area (Å²) in [6.45, 7) is 0.739. The number of hydrogen-bond donors (Lipinski definition) is 1. The van der Waals surface area contributed by atoms with Gasteiger partial charge < -0.3 is 4.74 Å². The topological polar surface area (TPSA) is 38.3 Å². The lowest BCUT2D eigenvalue weighted by atomic mass is 9.81. The zero-order valence-corrected chi connectivity index (χ0v) is 10.3. The second kappa shape index (κ2) is 4.72. The Balaban J connectivity index is 2.11. The number of esters is 1. The minimum absolute atomic E-state index is 0.0103. The van der Waals surface area contributed by atoms with Gasteiger partial charge >= 0.3 is 12.1 Å². The molecule has 0 heterocycles. The molecule has 0 aromatic rings. The average molecular weight is 265 g/mol. The van der Waals surface area contributed by atoms with Crippen molar-refractivity contribution >= 4 is 5.97 Å². The van der Waals surface area contributed by atoms with Gasteiger partial charge in [-0.15, -0.1) is 0 Å². The van der Waals surface area contributed by atoms with Crippen molar-refractivity contribution in [3.63, 3.8) is 0 Å². The van der Waals surface area contributed by atoms with Crippen LogP contribution >= 0.6 is 0 Å². The summed E-state index contributed by atoms with van der Waals surface area (Å²) in [6, 6.07) is 0. The van der Waals surface area contributed by atoms with E-state index in [1.54, 1.807) is 6.92 Å². The molecule has 2 rings (SSSR count). The van der Waals surface area contributed by atoms with E-state index >= 15 is 0 Å². The molecule has 0 amide bonds. The summed E-state index contributed by atoms with van der Waals surface area (Å²) < 4.78 is 42.0. The Bertz CT molecular complexity index is 332. The van der Waals surface area contributed by atoms with Gasteiger partial charge in [0.15, 0.2) is 0 Å². The first-order valence-corrected chi connectivity index (χ1v) is 6.36. The predicted molar refractivity (Wildman–Crippen MR) is 58.9 cm³/mol. The monoisotopic (exact) mass is 265 g/mol. The average Bonchev–Trinajstić information content (AvgIpc) is 2.86. The normalized spacial score (nSPS) is 34.9. The number of ether oxygens (including phenoxy) is 1. The maximum Gasteiger partial charge on any atom is 0.401 e. The van der Waals surface area contributed by atoms with E-state index in [-0.39, 0.29) is 12.5 Å². The number of hydrogen-bond acceptors (Lipinski definition) is 3. The summed E-state index contributed by atoms with van der Waals surface area (Å²) >= 11 is 0. The fraction of sp³-hybridized carbons (Fsp3) is 0.917. The fourth-order valence-electron chi connectivity index (χ4n) is 3.39. The van der Waals surface area contributed by atoms with Crippen molar-refractivity contribution in [1.29, 1.82) is 0 Å². The van der Waals surface area contributed by atoms with Crippen LogP contribution in [0, 0.1) is 11.8 Å². The summed E-state index contributed by atoms with van der Waals surface area (Å²) in [6.07, 6.45) is -1.16. The van der Waals surface area contributed by atoms with E-state index in [0.717, 1.165) is 19.3 Å². The molecule has 0 aromatic heterocycles. The van der Waals surface area contributed by atoms with Crippen molar-refractivity contribution in [1.82, 2.24) is 5.32 Å². The molecule has 18 heavy (non-hydrogen) atoms. The summed E-state index contributed by atoms with van der Waals surface area (Å²) in [5, 5.41) is 2.45. The Labute approximate surface area is 104 Å².